The summed E-state index contributed by atoms with van der Waals surface area (Å²) in [6.07, 6.45) is 3.70. The lowest BCUT2D eigenvalue weighted by molar-refractivity contribution is 0.0610. The molecule has 1 aromatic carbocycles. The average Bonchev–Trinajstić information content (AvgIpc) is 3.32. The number of aryl methyl sites for hydroxylation is 1. The normalized spacial score (nSPS) is 22.7. The van der Waals surface area contributed by atoms with E-state index in [1.165, 1.54) is 12.1 Å². The van der Waals surface area contributed by atoms with Crippen LogP contribution < -0.4 is 0 Å². The Morgan fingerprint density at radius 1 is 1.24 bits per heavy atom. The summed E-state index contributed by atoms with van der Waals surface area (Å²) in [7, 11) is 0. The highest BCUT2D eigenvalue weighted by atomic mass is 19.1. The molecule has 1 aromatic heterocycles. The number of likely N-dealkylation sites (tertiary alicyclic amines) is 2. The molecule has 2 bridgehead atoms. The second kappa shape index (κ2) is 6.55. The van der Waals surface area contributed by atoms with E-state index in [0.29, 0.717) is 11.7 Å². The molecule has 2 aromatic rings. The van der Waals surface area contributed by atoms with Crippen LogP contribution in [0.2, 0.25) is 0 Å². The first kappa shape index (κ1) is 16.2. The Hall–Kier alpha value is -2.28. The summed E-state index contributed by atoms with van der Waals surface area (Å²) in [4.78, 5) is 17.0. The minimum atomic E-state index is -0.209. The van der Waals surface area contributed by atoms with Crippen molar-refractivity contribution < 1.29 is 9.18 Å². The Bertz CT molecular complexity index is 759. The van der Waals surface area contributed by atoms with Crippen LogP contribution in [0.4, 0.5) is 4.39 Å². The summed E-state index contributed by atoms with van der Waals surface area (Å²) in [6.45, 7) is 5.23. The lowest BCUT2D eigenvalue weighted by Gasteiger charge is -2.33. The fourth-order valence-corrected chi connectivity index (χ4v) is 3.90. The van der Waals surface area contributed by atoms with Crippen molar-refractivity contribution in [1.82, 2.24) is 24.8 Å². The highest BCUT2D eigenvalue weighted by molar-refractivity contribution is 5.92. The third-order valence-corrected chi connectivity index (χ3v) is 5.12. The standard InChI is InChI=1S/C18H22FN5O/c1-2-7-23-12-17(20-21-23)18(25)24-11-15-8-16(24)10-22(15)9-13-3-5-14(19)6-4-13/h3-6,12,15-16H,2,7-11H2,1H3/t15-,16-/m0/s1. The number of hydrogen-bond acceptors (Lipinski definition) is 4. The first-order valence-electron chi connectivity index (χ1n) is 8.83. The maximum absolute atomic E-state index is 13.0. The van der Waals surface area contributed by atoms with Crippen LogP contribution in [-0.2, 0) is 13.1 Å². The number of aromatic nitrogens is 3. The summed E-state index contributed by atoms with van der Waals surface area (Å²) in [5.41, 5.74) is 1.54. The van der Waals surface area contributed by atoms with Crippen LogP contribution in [0.5, 0.6) is 0 Å². The molecular weight excluding hydrogens is 321 g/mol. The molecule has 0 N–H and O–H groups in total. The van der Waals surface area contributed by atoms with Crippen LogP contribution in [0.1, 0.15) is 35.8 Å². The van der Waals surface area contributed by atoms with Crippen molar-refractivity contribution in [3.63, 3.8) is 0 Å². The Morgan fingerprint density at radius 3 is 2.72 bits per heavy atom. The summed E-state index contributed by atoms with van der Waals surface area (Å²) in [5.74, 6) is -0.226. The maximum Gasteiger partial charge on any atom is 0.276 e. The quantitative estimate of drug-likeness (QED) is 0.832. The monoisotopic (exact) mass is 343 g/mol. The molecule has 2 saturated heterocycles. The number of fused-ring (bicyclic) bond motifs is 2. The van der Waals surface area contributed by atoms with E-state index in [1.54, 1.807) is 10.9 Å². The number of carbonyl (C=O) groups excluding carboxylic acids is 1. The van der Waals surface area contributed by atoms with Gasteiger partial charge in [0.2, 0.25) is 0 Å². The lowest BCUT2D eigenvalue weighted by atomic mass is 10.2. The fourth-order valence-electron chi connectivity index (χ4n) is 3.90. The van der Waals surface area contributed by atoms with Crippen molar-refractivity contribution in [2.75, 3.05) is 13.1 Å². The summed E-state index contributed by atoms with van der Waals surface area (Å²) < 4.78 is 14.8. The second-order valence-corrected chi connectivity index (χ2v) is 6.92. The van der Waals surface area contributed by atoms with Gasteiger partial charge in [-0.15, -0.1) is 5.10 Å². The number of carbonyl (C=O) groups is 1. The molecule has 0 unspecified atom stereocenters. The van der Waals surface area contributed by atoms with E-state index in [1.807, 2.05) is 17.0 Å². The van der Waals surface area contributed by atoms with Gasteiger partial charge in [-0.1, -0.05) is 24.3 Å². The van der Waals surface area contributed by atoms with E-state index in [-0.39, 0.29) is 17.8 Å². The number of benzene rings is 1. The van der Waals surface area contributed by atoms with Crippen molar-refractivity contribution in [3.8, 4) is 0 Å². The second-order valence-electron chi connectivity index (χ2n) is 6.92. The highest BCUT2D eigenvalue weighted by Gasteiger charge is 2.45. The first-order valence-corrected chi connectivity index (χ1v) is 8.83. The highest BCUT2D eigenvalue weighted by Crippen LogP contribution is 2.32. The van der Waals surface area contributed by atoms with Gasteiger partial charge in [0.25, 0.3) is 5.91 Å². The molecule has 2 fully saturated rings. The minimum Gasteiger partial charge on any atom is -0.331 e. The molecule has 0 spiro atoms. The van der Waals surface area contributed by atoms with E-state index >= 15 is 0 Å². The largest absolute Gasteiger partial charge is 0.331 e. The fraction of sp³-hybridized carbons (Fsp3) is 0.500. The predicted octanol–water partition coefficient (Wildman–Crippen LogP) is 1.93. The van der Waals surface area contributed by atoms with Crippen molar-refractivity contribution in [2.24, 2.45) is 0 Å². The van der Waals surface area contributed by atoms with Gasteiger partial charge in [0, 0.05) is 38.3 Å². The van der Waals surface area contributed by atoms with Gasteiger partial charge >= 0.3 is 0 Å². The molecular formula is C18H22FN5O. The molecule has 4 rings (SSSR count). The number of hydrogen-bond donors (Lipinski definition) is 0. The summed E-state index contributed by atoms with van der Waals surface area (Å²) in [6, 6.07) is 7.25. The molecule has 0 radical (unpaired) electrons. The average molecular weight is 343 g/mol. The molecule has 2 aliphatic rings. The van der Waals surface area contributed by atoms with Crippen LogP contribution in [0.15, 0.2) is 30.5 Å². The zero-order valence-electron chi connectivity index (χ0n) is 14.3. The first-order chi connectivity index (χ1) is 12.1. The van der Waals surface area contributed by atoms with Gasteiger partial charge < -0.3 is 4.90 Å². The SMILES string of the molecule is CCCn1cc(C(=O)N2C[C@@H]3C[C@H]2CN3Cc2ccc(F)cc2)nn1. The molecule has 6 nitrogen and oxygen atoms in total. The molecule has 0 saturated carbocycles. The predicted molar refractivity (Wildman–Crippen MR) is 90.4 cm³/mol. The van der Waals surface area contributed by atoms with E-state index in [4.69, 9.17) is 0 Å². The van der Waals surface area contributed by atoms with Crippen LogP contribution in [0.3, 0.4) is 0 Å². The van der Waals surface area contributed by atoms with Crippen LogP contribution >= 0.6 is 0 Å². The van der Waals surface area contributed by atoms with E-state index in [0.717, 1.165) is 44.6 Å². The van der Waals surface area contributed by atoms with Crippen molar-refractivity contribution in [3.05, 3.63) is 47.5 Å². The van der Waals surface area contributed by atoms with Gasteiger partial charge in [-0.2, -0.15) is 0 Å². The zero-order valence-corrected chi connectivity index (χ0v) is 14.3. The summed E-state index contributed by atoms with van der Waals surface area (Å²) in [5, 5.41) is 8.05. The molecule has 0 aliphatic carbocycles. The van der Waals surface area contributed by atoms with E-state index in [2.05, 4.69) is 22.1 Å². The van der Waals surface area contributed by atoms with Crippen LogP contribution in [-0.4, -0.2) is 55.9 Å². The number of amides is 1. The number of piperazine rings is 1. The number of halogens is 1. The van der Waals surface area contributed by atoms with Crippen LogP contribution in [0.25, 0.3) is 0 Å². The smallest absolute Gasteiger partial charge is 0.276 e. The Balaban J connectivity index is 1.38. The van der Waals surface area contributed by atoms with Gasteiger partial charge in [0.1, 0.15) is 5.82 Å². The number of nitrogens with zero attached hydrogens (tertiary/aromatic N) is 5. The van der Waals surface area contributed by atoms with E-state index < -0.39 is 0 Å². The van der Waals surface area contributed by atoms with Gasteiger partial charge in [-0.25, -0.2) is 4.39 Å². The molecule has 2 atom stereocenters. The van der Waals surface area contributed by atoms with E-state index in [9.17, 15) is 9.18 Å². The van der Waals surface area contributed by atoms with Crippen molar-refractivity contribution in [1.29, 1.82) is 0 Å². The molecule has 132 valence electrons. The molecule has 25 heavy (non-hydrogen) atoms. The lowest BCUT2D eigenvalue weighted by Crippen LogP contribution is -2.48. The zero-order chi connectivity index (χ0) is 17.4. The van der Waals surface area contributed by atoms with Gasteiger partial charge in [0.15, 0.2) is 5.69 Å². The van der Waals surface area contributed by atoms with Crippen molar-refractivity contribution in [2.45, 2.75) is 44.9 Å². The third-order valence-electron chi connectivity index (χ3n) is 5.12. The molecule has 7 heteroatoms. The topological polar surface area (TPSA) is 54.3 Å². The van der Waals surface area contributed by atoms with Gasteiger partial charge in [0.05, 0.1) is 6.20 Å². The summed E-state index contributed by atoms with van der Waals surface area (Å²) >= 11 is 0. The number of rotatable bonds is 5. The molecule has 3 heterocycles. The van der Waals surface area contributed by atoms with Crippen molar-refractivity contribution >= 4 is 5.91 Å². The molecule has 1 amide bonds. The van der Waals surface area contributed by atoms with Crippen LogP contribution in [0, 0.1) is 5.82 Å². The van der Waals surface area contributed by atoms with Gasteiger partial charge in [-0.3, -0.25) is 14.4 Å². The Labute approximate surface area is 146 Å². The third kappa shape index (κ3) is 3.16. The maximum atomic E-state index is 13.0. The Kier molecular flexibility index (Phi) is 4.25. The molecule has 2 aliphatic heterocycles. The minimum absolute atomic E-state index is 0.0173. The Morgan fingerprint density at radius 2 is 2.04 bits per heavy atom. The van der Waals surface area contributed by atoms with Gasteiger partial charge in [-0.05, 0) is 30.5 Å².